The summed E-state index contributed by atoms with van der Waals surface area (Å²) in [5.41, 5.74) is 4.96. The number of hydrogen-bond acceptors (Lipinski definition) is 7. The largest absolute Gasteiger partial charge is 0.340 e. The van der Waals surface area contributed by atoms with Crippen molar-refractivity contribution in [3.8, 4) is 10.6 Å². The van der Waals surface area contributed by atoms with Gasteiger partial charge in [0.05, 0.1) is 4.88 Å². The fourth-order valence-corrected chi connectivity index (χ4v) is 4.37. The van der Waals surface area contributed by atoms with Gasteiger partial charge in [0.15, 0.2) is 0 Å². The van der Waals surface area contributed by atoms with E-state index in [0.29, 0.717) is 28.8 Å². The van der Waals surface area contributed by atoms with Crippen LogP contribution in [-0.4, -0.2) is 25.7 Å². The SMILES string of the molecule is Cc1ccc(Nc2cc(Nc3ccc(NC(=O)c4cc(-c5cccs5)nn4C)cc3)nc(C)n2)cc1. The Labute approximate surface area is 213 Å². The number of benzene rings is 2. The molecule has 3 aromatic heterocycles. The summed E-state index contributed by atoms with van der Waals surface area (Å²) in [6.07, 6.45) is 0. The van der Waals surface area contributed by atoms with Crippen LogP contribution in [0, 0.1) is 13.8 Å². The molecule has 0 atom stereocenters. The Morgan fingerprint density at radius 1 is 0.833 bits per heavy atom. The Hall–Kier alpha value is -4.50. The number of nitrogens with one attached hydrogen (secondary N) is 3. The first kappa shape index (κ1) is 23.3. The lowest BCUT2D eigenvalue weighted by molar-refractivity contribution is 0.101. The number of carbonyl (C=O) groups is 1. The van der Waals surface area contributed by atoms with E-state index < -0.39 is 0 Å². The van der Waals surface area contributed by atoms with Crippen molar-refractivity contribution in [1.82, 2.24) is 19.7 Å². The lowest BCUT2D eigenvalue weighted by Crippen LogP contribution is -2.16. The molecule has 0 aliphatic heterocycles. The first-order valence-corrected chi connectivity index (χ1v) is 12.3. The van der Waals surface area contributed by atoms with Crippen molar-refractivity contribution in [2.24, 2.45) is 7.05 Å². The number of amides is 1. The molecule has 0 unspecified atom stereocenters. The van der Waals surface area contributed by atoms with Crippen LogP contribution in [-0.2, 0) is 7.05 Å². The molecule has 1 amide bonds. The summed E-state index contributed by atoms with van der Waals surface area (Å²) in [6, 6.07) is 23.2. The van der Waals surface area contributed by atoms with Crippen LogP contribution in [0.25, 0.3) is 10.6 Å². The predicted octanol–water partition coefficient (Wildman–Crippen LogP) is 6.29. The molecular formula is C27H25N7OS. The van der Waals surface area contributed by atoms with Crippen molar-refractivity contribution in [3.05, 3.63) is 95.3 Å². The van der Waals surface area contributed by atoms with Gasteiger partial charge in [-0.3, -0.25) is 9.48 Å². The van der Waals surface area contributed by atoms with Crippen molar-refractivity contribution in [2.75, 3.05) is 16.0 Å². The van der Waals surface area contributed by atoms with Gasteiger partial charge in [-0.05, 0) is 67.8 Å². The maximum Gasteiger partial charge on any atom is 0.273 e. The summed E-state index contributed by atoms with van der Waals surface area (Å²) in [5.74, 6) is 1.81. The Morgan fingerprint density at radius 2 is 1.44 bits per heavy atom. The number of rotatable bonds is 7. The van der Waals surface area contributed by atoms with E-state index in [1.165, 1.54) is 5.56 Å². The third-order valence-electron chi connectivity index (χ3n) is 5.46. The number of carbonyl (C=O) groups excluding carboxylic acids is 1. The summed E-state index contributed by atoms with van der Waals surface area (Å²) in [5, 5.41) is 16.0. The zero-order chi connectivity index (χ0) is 25.1. The zero-order valence-electron chi connectivity index (χ0n) is 20.1. The van der Waals surface area contributed by atoms with Gasteiger partial charge in [0.1, 0.15) is 28.8 Å². The van der Waals surface area contributed by atoms with E-state index in [4.69, 9.17) is 0 Å². The Kier molecular flexibility index (Phi) is 6.46. The van der Waals surface area contributed by atoms with Crippen LogP contribution in [0.3, 0.4) is 0 Å². The second kappa shape index (κ2) is 10.0. The number of hydrogen-bond donors (Lipinski definition) is 3. The summed E-state index contributed by atoms with van der Waals surface area (Å²) in [7, 11) is 1.77. The van der Waals surface area contributed by atoms with E-state index in [1.54, 1.807) is 29.1 Å². The van der Waals surface area contributed by atoms with E-state index in [2.05, 4.69) is 37.9 Å². The summed E-state index contributed by atoms with van der Waals surface area (Å²) >= 11 is 1.59. The minimum Gasteiger partial charge on any atom is -0.340 e. The number of aryl methyl sites for hydroxylation is 3. The van der Waals surface area contributed by atoms with E-state index >= 15 is 0 Å². The molecule has 9 heteroatoms. The minimum absolute atomic E-state index is 0.216. The molecule has 180 valence electrons. The van der Waals surface area contributed by atoms with Gasteiger partial charge in [0, 0.05) is 30.2 Å². The van der Waals surface area contributed by atoms with Crippen molar-refractivity contribution in [2.45, 2.75) is 13.8 Å². The number of aromatic nitrogens is 4. The van der Waals surface area contributed by atoms with Gasteiger partial charge in [0.25, 0.3) is 5.91 Å². The number of nitrogens with zero attached hydrogens (tertiary/aromatic N) is 4. The molecule has 8 nitrogen and oxygen atoms in total. The highest BCUT2D eigenvalue weighted by Crippen LogP contribution is 2.25. The highest BCUT2D eigenvalue weighted by Gasteiger charge is 2.15. The van der Waals surface area contributed by atoms with Crippen LogP contribution in [0.1, 0.15) is 21.9 Å². The standard InChI is InChI=1S/C27H25N7OS/c1-17-6-8-19(9-7-17)30-25-16-26(29-18(2)28-25)31-20-10-12-21(13-11-20)32-27(35)23-15-22(33-34(23)3)24-5-4-14-36-24/h4-16H,1-3H3,(H,32,35)(H2,28,29,30,31). The Morgan fingerprint density at radius 3 is 2.06 bits per heavy atom. The molecule has 0 aliphatic rings. The Bertz CT molecular complexity index is 1490. The van der Waals surface area contributed by atoms with E-state index in [0.717, 1.165) is 21.9 Å². The topological polar surface area (TPSA) is 96.8 Å². The van der Waals surface area contributed by atoms with Crippen molar-refractivity contribution >= 4 is 45.9 Å². The maximum absolute atomic E-state index is 12.8. The normalized spacial score (nSPS) is 10.8. The average Bonchev–Trinajstić information content (AvgIpc) is 3.51. The number of thiophene rings is 1. The van der Waals surface area contributed by atoms with Gasteiger partial charge in [-0.25, -0.2) is 9.97 Å². The van der Waals surface area contributed by atoms with Gasteiger partial charge in [-0.15, -0.1) is 11.3 Å². The second-order valence-electron chi connectivity index (χ2n) is 8.35. The molecule has 0 saturated carbocycles. The second-order valence-corrected chi connectivity index (χ2v) is 9.30. The van der Waals surface area contributed by atoms with E-state index in [9.17, 15) is 4.79 Å². The Balaban J connectivity index is 1.25. The van der Waals surface area contributed by atoms with Crippen LogP contribution < -0.4 is 16.0 Å². The monoisotopic (exact) mass is 495 g/mol. The van der Waals surface area contributed by atoms with Gasteiger partial charge in [0.2, 0.25) is 0 Å². The average molecular weight is 496 g/mol. The van der Waals surface area contributed by atoms with Crippen molar-refractivity contribution in [1.29, 1.82) is 0 Å². The van der Waals surface area contributed by atoms with Crippen LogP contribution in [0.15, 0.2) is 78.2 Å². The number of anilines is 5. The van der Waals surface area contributed by atoms with Gasteiger partial charge in [-0.2, -0.15) is 5.10 Å². The summed E-state index contributed by atoms with van der Waals surface area (Å²) < 4.78 is 1.60. The predicted molar refractivity (Wildman–Crippen MR) is 145 cm³/mol. The quantitative estimate of drug-likeness (QED) is 0.245. The molecule has 5 aromatic rings. The smallest absolute Gasteiger partial charge is 0.273 e. The summed E-state index contributed by atoms with van der Waals surface area (Å²) in [6.45, 7) is 3.91. The zero-order valence-corrected chi connectivity index (χ0v) is 20.9. The van der Waals surface area contributed by atoms with Gasteiger partial charge in [-0.1, -0.05) is 23.8 Å². The molecule has 5 rings (SSSR count). The molecule has 0 spiro atoms. The van der Waals surface area contributed by atoms with Crippen LogP contribution >= 0.6 is 11.3 Å². The fourth-order valence-electron chi connectivity index (χ4n) is 3.68. The molecule has 0 aliphatic carbocycles. The molecule has 0 saturated heterocycles. The summed E-state index contributed by atoms with van der Waals surface area (Å²) in [4.78, 5) is 22.8. The molecule has 0 radical (unpaired) electrons. The third-order valence-corrected chi connectivity index (χ3v) is 6.36. The van der Waals surface area contributed by atoms with Gasteiger partial charge < -0.3 is 16.0 Å². The highest BCUT2D eigenvalue weighted by molar-refractivity contribution is 7.13. The van der Waals surface area contributed by atoms with E-state index in [-0.39, 0.29) is 5.91 Å². The van der Waals surface area contributed by atoms with Crippen LogP contribution in [0.2, 0.25) is 0 Å². The highest BCUT2D eigenvalue weighted by atomic mass is 32.1. The van der Waals surface area contributed by atoms with Crippen molar-refractivity contribution < 1.29 is 4.79 Å². The lowest BCUT2D eigenvalue weighted by Gasteiger charge is -2.11. The molecule has 2 aromatic carbocycles. The van der Waals surface area contributed by atoms with E-state index in [1.807, 2.05) is 79.0 Å². The molecule has 0 fully saturated rings. The first-order valence-electron chi connectivity index (χ1n) is 11.4. The molecule has 3 N–H and O–H groups in total. The molecule has 0 bridgehead atoms. The third kappa shape index (κ3) is 5.42. The molecule has 3 heterocycles. The first-order chi connectivity index (χ1) is 17.4. The van der Waals surface area contributed by atoms with Crippen molar-refractivity contribution in [3.63, 3.8) is 0 Å². The lowest BCUT2D eigenvalue weighted by atomic mass is 10.2. The van der Waals surface area contributed by atoms with Crippen LogP contribution in [0.5, 0.6) is 0 Å². The van der Waals surface area contributed by atoms with Gasteiger partial charge >= 0.3 is 0 Å². The maximum atomic E-state index is 12.8. The fraction of sp³-hybridized carbons (Fsp3) is 0.111. The molecular weight excluding hydrogens is 470 g/mol. The molecule has 36 heavy (non-hydrogen) atoms. The van der Waals surface area contributed by atoms with Crippen LogP contribution in [0.4, 0.5) is 28.7 Å². The minimum atomic E-state index is -0.216.